The van der Waals surface area contributed by atoms with Crippen molar-refractivity contribution in [2.24, 2.45) is 0 Å². The molecule has 0 aliphatic heterocycles. The van der Waals surface area contributed by atoms with Crippen molar-refractivity contribution in [1.29, 1.82) is 0 Å². The largest absolute Gasteiger partial charge is 0.573 e. The van der Waals surface area contributed by atoms with E-state index in [4.69, 9.17) is 0 Å². The monoisotopic (exact) mass is 307 g/mol. The van der Waals surface area contributed by atoms with Gasteiger partial charge in [0.05, 0.1) is 13.3 Å². The fourth-order valence-electron chi connectivity index (χ4n) is 1.19. The van der Waals surface area contributed by atoms with E-state index in [9.17, 15) is 35.5 Å². The summed E-state index contributed by atoms with van der Waals surface area (Å²) in [5, 5.41) is 0. The van der Waals surface area contributed by atoms with Crippen LogP contribution in [0.15, 0.2) is 6.20 Å². The predicted octanol–water partition coefficient (Wildman–Crippen LogP) is 2.92. The fourth-order valence-corrected chi connectivity index (χ4v) is 1.19. The molecule has 0 atom stereocenters. The molecule has 0 amide bonds. The Bertz CT molecular complexity index is 523. The summed E-state index contributed by atoms with van der Waals surface area (Å²) >= 11 is 0. The smallest absolute Gasteiger partial charge is 0.464 e. The lowest BCUT2D eigenvalue weighted by Gasteiger charge is -2.17. The third kappa shape index (κ3) is 3.48. The van der Waals surface area contributed by atoms with Crippen molar-refractivity contribution in [3.05, 3.63) is 23.3 Å². The summed E-state index contributed by atoms with van der Waals surface area (Å²) in [6.07, 6.45) is -11.2. The first kappa shape index (κ1) is 16.0. The summed E-state index contributed by atoms with van der Waals surface area (Å²) in [5.41, 5.74) is -3.84. The van der Waals surface area contributed by atoms with Gasteiger partial charge in [-0.1, -0.05) is 0 Å². The molecule has 0 unspecified atom stereocenters. The average molecular weight is 307 g/mol. The van der Waals surface area contributed by atoms with Gasteiger partial charge in [-0.3, -0.25) is 0 Å². The predicted molar refractivity (Wildman–Crippen MR) is 47.2 cm³/mol. The van der Waals surface area contributed by atoms with Gasteiger partial charge >= 0.3 is 18.5 Å². The van der Waals surface area contributed by atoms with Crippen LogP contribution in [0.2, 0.25) is 0 Å². The van der Waals surface area contributed by atoms with E-state index in [1.54, 1.807) is 0 Å². The molecule has 0 fully saturated rings. The van der Waals surface area contributed by atoms with Crippen molar-refractivity contribution in [2.45, 2.75) is 12.5 Å². The average Bonchev–Trinajstić information content (AvgIpc) is 2.24. The normalized spacial score (nSPS) is 12.2. The number of esters is 1. The van der Waals surface area contributed by atoms with Crippen LogP contribution < -0.4 is 4.74 Å². The van der Waals surface area contributed by atoms with Crippen LogP contribution in [0.4, 0.5) is 30.7 Å². The number of pyridine rings is 1. The summed E-state index contributed by atoms with van der Waals surface area (Å²) < 4.78 is 94.1. The summed E-state index contributed by atoms with van der Waals surface area (Å²) in [5.74, 6) is -5.86. The van der Waals surface area contributed by atoms with Crippen LogP contribution in [-0.4, -0.2) is 24.4 Å². The molecule has 0 aliphatic rings. The number of halogens is 7. The number of ether oxygens (including phenoxy) is 2. The zero-order chi connectivity index (χ0) is 15.7. The van der Waals surface area contributed by atoms with E-state index >= 15 is 0 Å². The molecule has 1 aromatic heterocycles. The summed E-state index contributed by atoms with van der Waals surface area (Å²) in [6, 6.07) is 0. The van der Waals surface area contributed by atoms with Crippen molar-refractivity contribution in [2.75, 3.05) is 7.11 Å². The van der Waals surface area contributed by atoms with Gasteiger partial charge in [-0.25, -0.2) is 14.2 Å². The van der Waals surface area contributed by atoms with Gasteiger partial charge in [-0.05, 0) is 0 Å². The molecule has 0 spiro atoms. The molecule has 0 saturated carbocycles. The molecule has 112 valence electrons. The third-order valence-corrected chi connectivity index (χ3v) is 1.87. The van der Waals surface area contributed by atoms with Crippen molar-refractivity contribution in [3.8, 4) is 5.75 Å². The highest BCUT2D eigenvalue weighted by Gasteiger charge is 2.44. The molecule has 1 aromatic rings. The van der Waals surface area contributed by atoms with Crippen molar-refractivity contribution >= 4 is 5.97 Å². The lowest BCUT2D eigenvalue weighted by molar-refractivity contribution is -0.276. The van der Waals surface area contributed by atoms with Crippen LogP contribution >= 0.6 is 0 Å². The second-order valence-corrected chi connectivity index (χ2v) is 3.20. The second-order valence-electron chi connectivity index (χ2n) is 3.20. The number of methoxy groups -OCH3 is 1. The number of nitrogens with zero attached hydrogens (tertiary/aromatic N) is 1. The minimum absolute atomic E-state index is 0.0572. The van der Waals surface area contributed by atoms with Crippen LogP contribution in [0.1, 0.15) is 16.1 Å². The highest BCUT2D eigenvalue weighted by molar-refractivity contribution is 5.90. The van der Waals surface area contributed by atoms with Gasteiger partial charge in [-0.2, -0.15) is 13.2 Å². The standard InChI is InChI=1S/C9H4F7NO3/c1-19-7(18)5-6(20-9(14,15)16)4(8(11,12)13)3(10)2-17-5/h2H,1H3. The quantitative estimate of drug-likeness (QED) is 0.622. The number of hydrogen-bond acceptors (Lipinski definition) is 4. The van der Waals surface area contributed by atoms with E-state index in [0.29, 0.717) is 7.11 Å². The first-order valence-electron chi connectivity index (χ1n) is 4.57. The van der Waals surface area contributed by atoms with Crippen LogP contribution in [-0.2, 0) is 10.9 Å². The Kier molecular flexibility index (Phi) is 4.10. The lowest BCUT2D eigenvalue weighted by atomic mass is 10.1. The first-order chi connectivity index (χ1) is 8.97. The zero-order valence-electron chi connectivity index (χ0n) is 9.40. The first-order valence-corrected chi connectivity index (χ1v) is 4.57. The fraction of sp³-hybridized carbons (Fsp3) is 0.333. The molecule has 1 heterocycles. The lowest BCUT2D eigenvalue weighted by Crippen LogP contribution is -2.24. The summed E-state index contributed by atoms with van der Waals surface area (Å²) in [4.78, 5) is 13.9. The van der Waals surface area contributed by atoms with Crippen LogP contribution in [0.25, 0.3) is 0 Å². The van der Waals surface area contributed by atoms with E-state index in [1.165, 1.54) is 0 Å². The summed E-state index contributed by atoms with van der Waals surface area (Å²) in [7, 11) is 0.692. The highest BCUT2D eigenvalue weighted by Crippen LogP contribution is 2.41. The van der Waals surface area contributed by atoms with Gasteiger partial charge < -0.3 is 9.47 Å². The molecule has 11 heteroatoms. The SMILES string of the molecule is COC(=O)c1ncc(F)c(C(F)(F)F)c1OC(F)(F)F. The molecule has 0 bridgehead atoms. The maximum atomic E-state index is 13.1. The molecule has 0 saturated heterocycles. The van der Waals surface area contributed by atoms with Gasteiger partial charge in [0.15, 0.2) is 17.3 Å². The molecular weight excluding hydrogens is 303 g/mol. The van der Waals surface area contributed by atoms with Crippen molar-refractivity contribution in [3.63, 3.8) is 0 Å². The van der Waals surface area contributed by atoms with Gasteiger partial charge in [-0.15, -0.1) is 13.2 Å². The van der Waals surface area contributed by atoms with Gasteiger partial charge in [0.1, 0.15) is 5.56 Å². The minimum Gasteiger partial charge on any atom is -0.464 e. The Morgan fingerprint density at radius 1 is 1.20 bits per heavy atom. The van der Waals surface area contributed by atoms with Gasteiger partial charge in [0.2, 0.25) is 0 Å². The van der Waals surface area contributed by atoms with Crippen molar-refractivity contribution < 1.29 is 45.0 Å². The molecule has 4 nitrogen and oxygen atoms in total. The van der Waals surface area contributed by atoms with E-state index < -0.39 is 41.3 Å². The van der Waals surface area contributed by atoms with Gasteiger partial charge in [0.25, 0.3) is 0 Å². The molecule has 0 aromatic carbocycles. The Morgan fingerprint density at radius 3 is 2.15 bits per heavy atom. The van der Waals surface area contributed by atoms with Crippen LogP contribution in [0.5, 0.6) is 5.75 Å². The van der Waals surface area contributed by atoms with E-state index in [2.05, 4.69) is 14.5 Å². The number of aromatic nitrogens is 1. The number of rotatable bonds is 2. The third-order valence-electron chi connectivity index (χ3n) is 1.87. The molecule has 0 aliphatic carbocycles. The number of carbonyl (C=O) groups excluding carboxylic acids is 1. The maximum absolute atomic E-state index is 13.1. The molecule has 20 heavy (non-hydrogen) atoms. The highest BCUT2D eigenvalue weighted by atomic mass is 19.4. The Morgan fingerprint density at radius 2 is 1.75 bits per heavy atom. The molecule has 1 rings (SSSR count). The number of carbonyl (C=O) groups is 1. The Labute approximate surface area is 106 Å². The summed E-state index contributed by atoms with van der Waals surface area (Å²) in [6.45, 7) is 0. The number of hydrogen-bond donors (Lipinski definition) is 0. The van der Waals surface area contributed by atoms with Crippen molar-refractivity contribution in [1.82, 2.24) is 4.98 Å². The van der Waals surface area contributed by atoms with Crippen LogP contribution in [0.3, 0.4) is 0 Å². The number of alkyl halides is 6. The second kappa shape index (κ2) is 5.13. The topological polar surface area (TPSA) is 48.4 Å². The van der Waals surface area contributed by atoms with Crippen LogP contribution in [0, 0.1) is 5.82 Å². The molecular formula is C9H4F7NO3. The Balaban J connectivity index is 3.60. The zero-order valence-corrected chi connectivity index (χ0v) is 9.40. The molecule has 0 N–H and O–H groups in total. The Hall–Kier alpha value is -2.07. The van der Waals surface area contributed by atoms with E-state index in [-0.39, 0.29) is 6.20 Å². The van der Waals surface area contributed by atoms with E-state index in [1.807, 2.05) is 0 Å². The minimum atomic E-state index is -5.59. The van der Waals surface area contributed by atoms with E-state index in [0.717, 1.165) is 0 Å². The van der Waals surface area contributed by atoms with Gasteiger partial charge in [0, 0.05) is 0 Å². The molecule has 0 radical (unpaired) electrons. The maximum Gasteiger partial charge on any atom is 0.573 e.